The smallest absolute Gasteiger partial charge is 0.0103 e. The van der Waals surface area contributed by atoms with E-state index in [2.05, 4.69) is 88.4 Å². The van der Waals surface area contributed by atoms with Gasteiger partial charge in [0.25, 0.3) is 0 Å². The molecule has 0 bridgehead atoms. The predicted molar refractivity (Wildman–Crippen MR) is 133 cm³/mol. The predicted octanol–water partition coefficient (Wildman–Crippen LogP) is 9.10. The monoisotopic (exact) mass is 398 g/mol. The Bertz CT molecular complexity index is 870. The van der Waals surface area contributed by atoms with Crippen LogP contribution >= 0.6 is 0 Å². The van der Waals surface area contributed by atoms with Gasteiger partial charge in [0, 0.05) is 0 Å². The summed E-state index contributed by atoms with van der Waals surface area (Å²) in [6.45, 7) is 9.17. The van der Waals surface area contributed by atoms with Crippen LogP contribution < -0.4 is 0 Å². The van der Waals surface area contributed by atoms with E-state index in [0.29, 0.717) is 0 Å². The fraction of sp³-hybridized carbons (Fsp3) is 0.400. The van der Waals surface area contributed by atoms with Gasteiger partial charge in [0.1, 0.15) is 0 Å². The van der Waals surface area contributed by atoms with Gasteiger partial charge in [-0.05, 0) is 84.0 Å². The molecule has 0 aromatic heterocycles. The molecule has 0 aliphatic rings. The summed E-state index contributed by atoms with van der Waals surface area (Å²) < 4.78 is 0. The van der Waals surface area contributed by atoms with Crippen molar-refractivity contribution in [1.82, 2.24) is 0 Å². The second-order valence-corrected chi connectivity index (χ2v) is 8.64. The molecule has 0 aliphatic carbocycles. The van der Waals surface area contributed by atoms with Gasteiger partial charge in [-0.25, -0.2) is 0 Å². The summed E-state index contributed by atoms with van der Waals surface area (Å²) in [6, 6.07) is 22.7. The van der Waals surface area contributed by atoms with E-state index in [1.165, 1.54) is 95.9 Å². The zero-order valence-corrected chi connectivity index (χ0v) is 19.4. The van der Waals surface area contributed by atoms with Crippen molar-refractivity contribution in [2.75, 3.05) is 0 Å². The Balaban J connectivity index is 2.00. The lowest BCUT2D eigenvalue weighted by atomic mass is 9.86. The van der Waals surface area contributed by atoms with E-state index in [1.807, 2.05) is 0 Å². The second-order valence-electron chi connectivity index (χ2n) is 8.64. The molecule has 0 nitrogen and oxygen atoms in total. The van der Waals surface area contributed by atoms with Gasteiger partial charge in [0.15, 0.2) is 0 Å². The zero-order valence-electron chi connectivity index (χ0n) is 19.4. The number of hydrogen-bond donors (Lipinski definition) is 0. The molecule has 0 saturated carbocycles. The van der Waals surface area contributed by atoms with Crippen LogP contribution in [0.2, 0.25) is 0 Å². The van der Waals surface area contributed by atoms with E-state index in [4.69, 9.17) is 0 Å². The number of unbranched alkanes of at least 4 members (excludes halogenated alkanes) is 4. The van der Waals surface area contributed by atoms with Crippen molar-refractivity contribution < 1.29 is 0 Å². The molecule has 0 heteroatoms. The third kappa shape index (κ3) is 5.22. The summed E-state index contributed by atoms with van der Waals surface area (Å²) in [5.41, 5.74) is 11.4. The summed E-state index contributed by atoms with van der Waals surface area (Å²) in [5, 5.41) is 0. The SMILES string of the molecule is CCCCCc1cccc(-c2ccccc2-c2cccc(CCCCC)c2C)c1C. The van der Waals surface area contributed by atoms with Crippen molar-refractivity contribution in [3.63, 3.8) is 0 Å². The highest BCUT2D eigenvalue weighted by molar-refractivity contribution is 5.86. The molecule has 0 amide bonds. The molecule has 0 radical (unpaired) electrons. The minimum atomic E-state index is 1.18. The standard InChI is InChI=1S/C30H38/c1-5-7-9-15-25-17-13-21-27(23(25)3)29-19-11-12-20-30(29)28-22-14-18-26(24(28)4)16-10-8-6-2/h11-14,17-22H,5-10,15-16H2,1-4H3. The largest absolute Gasteiger partial charge is 0.0654 e. The maximum absolute atomic E-state index is 2.32. The van der Waals surface area contributed by atoms with E-state index in [-0.39, 0.29) is 0 Å². The average Bonchev–Trinajstić information content (AvgIpc) is 2.77. The van der Waals surface area contributed by atoms with Gasteiger partial charge in [-0.3, -0.25) is 0 Å². The van der Waals surface area contributed by atoms with E-state index in [0.717, 1.165) is 0 Å². The highest BCUT2D eigenvalue weighted by Crippen LogP contribution is 2.37. The molecule has 0 unspecified atom stereocenters. The van der Waals surface area contributed by atoms with Crippen LogP contribution in [0.5, 0.6) is 0 Å². The molecule has 30 heavy (non-hydrogen) atoms. The lowest BCUT2D eigenvalue weighted by Gasteiger charge is -2.18. The van der Waals surface area contributed by atoms with Crippen LogP contribution in [0.4, 0.5) is 0 Å². The summed E-state index contributed by atoms with van der Waals surface area (Å²) in [5.74, 6) is 0. The van der Waals surface area contributed by atoms with Crippen molar-refractivity contribution >= 4 is 0 Å². The van der Waals surface area contributed by atoms with Crippen LogP contribution in [-0.2, 0) is 12.8 Å². The number of hydrogen-bond acceptors (Lipinski definition) is 0. The van der Waals surface area contributed by atoms with Crippen molar-refractivity contribution in [3.05, 3.63) is 82.9 Å². The zero-order chi connectivity index (χ0) is 21.3. The first-order valence-electron chi connectivity index (χ1n) is 11.9. The number of rotatable bonds is 10. The van der Waals surface area contributed by atoms with E-state index < -0.39 is 0 Å². The highest BCUT2D eigenvalue weighted by atomic mass is 14.2. The minimum absolute atomic E-state index is 1.18. The van der Waals surface area contributed by atoms with E-state index >= 15 is 0 Å². The fourth-order valence-electron chi connectivity index (χ4n) is 4.58. The molecule has 0 atom stereocenters. The molecule has 3 aromatic carbocycles. The van der Waals surface area contributed by atoms with Gasteiger partial charge in [-0.1, -0.05) is 100 Å². The Morgan fingerprint density at radius 2 is 0.867 bits per heavy atom. The van der Waals surface area contributed by atoms with Crippen LogP contribution in [0.25, 0.3) is 22.3 Å². The Labute approximate surface area is 184 Å². The minimum Gasteiger partial charge on any atom is -0.0654 e. The summed E-state index contributed by atoms with van der Waals surface area (Å²) in [7, 11) is 0. The Kier molecular flexibility index (Phi) is 8.31. The summed E-state index contributed by atoms with van der Waals surface area (Å²) in [6.07, 6.45) is 10.1. The van der Waals surface area contributed by atoms with Gasteiger partial charge in [-0.2, -0.15) is 0 Å². The first kappa shape index (κ1) is 22.3. The van der Waals surface area contributed by atoms with Crippen LogP contribution in [0, 0.1) is 13.8 Å². The summed E-state index contributed by atoms with van der Waals surface area (Å²) in [4.78, 5) is 0. The number of aryl methyl sites for hydroxylation is 2. The van der Waals surface area contributed by atoms with Crippen molar-refractivity contribution in [3.8, 4) is 22.3 Å². The van der Waals surface area contributed by atoms with Crippen LogP contribution in [0.3, 0.4) is 0 Å². The maximum atomic E-state index is 2.32. The average molecular weight is 399 g/mol. The Hall–Kier alpha value is -2.34. The quantitative estimate of drug-likeness (QED) is 0.299. The van der Waals surface area contributed by atoms with Gasteiger partial charge < -0.3 is 0 Å². The molecule has 0 saturated heterocycles. The molecule has 0 aliphatic heterocycles. The van der Waals surface area contributed by atoms with Gasteiger partial charge in [-0.15, -0.1) is 0 Å². The van der Waals surface area contributed by atoms with Crippen molar-refractivity contribution in [1.29, 1.82) is 0 Å². The Morgan fingerprint density at radius 3 is 1.27 bits per heavy atom. The summed E-state index contributed by atoms with van der Waals surface area (Å²) >= 11 is 0. The van der Waals surface area contributed by atoms with Crippen molar-refractivity contribution in [2.45, 2.75) is 79.1 Å². The number of benzene rings is 3. The fourth-order valence-corrected chi connectivity index (χ4v) is 4.58. The first-order chi connectivity index (χ1) is 14.7. The second kappa shape index (κ2) is 11.2. The van der Waals surface area contributed by atoms with Crippen molar-refractivity contribution in [2.24, 2.45) is 0 Å². The third-order valence-electron chi connectivity index (χ3n) is 6.50. The molecular weight excluding hydrogens is 360 g/mol. The van der Waals surface area contributed by atoms with E-state index in [9.17, 15) is 0 Å². The molecule has 0 fully saturated rings. The molecule has 0 N–H and O–H groups in total. The van der Waals surface area contributed by atoms with Gasteiger partial charge >= 0.3 is 0 Å². The first-order valence-corrected chi connectivity index (χ1v) is 11.9. The Morgan fingerprint density at radius 1 is 0.467 bits per heavy atom. The topological polar surface area (TPSA) is 0 Å². The van der Waals surface area contributed by atoms with Gasteiger partial charge in [0.2, 0.25) is 0 Å². The molecule has 3 rings (SSSR count). The van der Waals surface area contributed by atoms with Crippen LogP contribution in [0.15, 0.2) is 60.7 Å². The lowest BCUT2D eigenvalue weighted by Crippen LogP contribution is -1.97. The molecule has 158 valence electrons. The van der Waals surface area contributed by atoms with Crippen LogP contribution in [-0.4, -0.2) is 0 Å². The van der Waals surface area contributed by atoms with Crippen LogP contribution in [0.1, 0.15) is 74.6 Å². The third-order valence-corrected chi connectivity index (χ3v) is 6.50. The molecule has 0 spiro atoms. The highest BCUT2D eigenvalue weighted by Gasteiger charge is 2.14. The maximum Gasteiger partial charge on any atom is -0.0103 e. The lowest BCUT2D eigenvalue weighted by molar-refractivity contribution is 0.715. The molecule has 0 heterocycles. The van der Waals surface area contributed by atoms with Gasteiger partial charge in [0.05, 0.1) is 0 Å². The molecule has 3 aromatic rings. The molecular formula is C30H38. The van der Waals surface area contributed by atoms with E-state index in [1.54, 1.807) is 0 Å². The normalized spacial score (nSPS) is 11.1.